The lowest BCUT2D eigenvalue weighted by Gasteiger charge is -2.15. The summed E-state index contributed by atoms with van der Waals surface area (Å²) in [4.78, 5) is 9.75. The maximum atomic E-state index is 10.8. The van der Waals surface area contributed by atoms with E-state index >= 15 is 0 Å². The Bertz CT molecular complexity index is 229. The van der Waals surface area contributed by atoms with Gasteiger partial charge >= 0.3 is 0 Å². The zero-order valence-electron chi connectivity index (χ0n) is 6.27. The van der Waals surface area contributed by atoms with Gasteiger partial charge in [-0.05, 0) is 18.5 Å². The zero-order chi connectivity index (χ0) is 8.65. The van der Waals surface area contributed by atoms with Crippen molar-refractivity contribution >= 4 is 34.2 Å². The molecule has 62 valence electrons. The van der Waals surface area contributed by atoms with Gasteiger partial charge in [-0.2, -0.15) is 5.10 Å². The van der Waals surface area contributed by atoms with Crippen molar-refractivity contribution < 1.29 is 4.79 Å². The van der Waals surface area contributed by atoms with Gasteiger partial charge in [-0.1, -0.05) is 0 Å². The van der Waals surface area contributed by atoms with Crippen molar-refractivity contribution in [2.75, 3.05) is 13.6 Å². The molecule has 0 spiro atoms. The molecular formula is C6H8Cl2N2O. The fourth-order valence-electron chi connectivity index (χ4n) is 1.00. The molecule has 3 nitrogen and oxygen atoms in total. The first-order valence-corrected chi connectivity index (χ1v) is 3.88. The molecule has 0 saturated carbocycles. The Kier molecular flexibility index (Phi) is 2.12. The summed E-state index contributed by atoms with van der Waals surface area (Å²) in [5.41, 5.74) is 0.557. The molecule has 0 fully saturated rings. The topological polar surface area (TPSA) is 32.7 Å². The second kappa shape index (κ2) is 2.64. The highest BCUT2D eigenvalue weighted by Crippen LogP contribution is 2.27. The molecule has 0 N–H and O–H groups in total. The Morgan fingerprint density at radius 1 is 1.82 bits per heavy atom. The molecule has 0 aromatic rings. The molecule has 0 saturated heterocycles. The first-order chi connectivity index (χ1) is 4.97. The van der Waals surface area contributed by atoms with Crippen LogP contribution in [0.2, 0.25) is 0 Å². The second-order valence-electron chi connectivity index (χ2n) is 2.58. The predicted octanol–water partition coefficient (Wildman–Crippen LogP) is 1.05. The molecule has 11 heavy (non-hydrogen) atoms. The Hall–Kier alpha value is -0.280. The summed E-state index contributed by atoms with van der Waals surface area (Å²) < 4.78 is 0. The predicted molar refractivity (Wildman–Crippen MR) is 45.2 cm³/mol. The lowest BCUT2D eigenvalue weighted by molar-refractivity contribution is -0.112. The molecule has 0 aliphatic carbocycles. The van der Waals surface area contributed by atoms with E-state index in [1.807, 2.05) is 0 Å². The summed E-state index contributed by atoms with van der Waals surface area (Å²) in [7, 11) is 1.74. The largest absolute Gasteiger partial charge is 0.297 e. The molecule has 5 heteroatoms. The number of rotatable bonds is 1. The molecule has 1 rings (SSSR count). The minimum Gasteiger partial charge on any atom is -0.297 e. The Morgan fingerprint density at radius 2 is 2.36 bits per heavy atom. The Morgan fingerprint density at radius 3 is 2.55 bits per heavy atom. The summed E-state index contributed by atoms with van der Waals surface area (Å²) in [5, 5.41) is 5.01. The van der Waals surface area contributed by atoms with E-state index in [9.17, 15) is 4.79 Å². The molecular weight excluding hydrogens is 187 g/mol. The number of nitrogens with zero attached hydrogens (tertiary/aromatic N) is 2. The minimum absolute atomic E-state index is 0.350. The van der Waals surface area contributed by atoms with Gasteiger partial charge < -0.3 is 0 Å². The van der Waals surface area contributed by atoms with Gasteiger partial charge in [-0.3, -0.25) is 9.80 Å². The van der Waals surface area contributed by atoms with E-state index in [-0.39, 0.29) is 0 Å². The average Bonchev–Trinajstić information content (AvgIpc) is 2.08. The van der Waals surface area contributed by atoms with Crippen molar-refractivity contribution in [3.8, 4) is 0 Å². The summed E-state index contributed by atoms with van der Waals surface area (Å²) in [6.45, 7) is 2.04. The number of hydrazone groups is 1. The normalized spacial score (nSPS) is 30.5. The van der Waals surface area contributed by atoms with Gasteiger partial charge in [0.1, 0.15) is 0 Å². The van der Waals surface area contributed by atoms with Crippen molar-refractivity contribution in [3.63, 3.8) is 0 Å². The third-order valence-electron chi connectivity index (χ3n) is 1.65. The van der Waals surface area contributed by atoms with Crippen LogP contribution in [0.15, 0.2) is 5.10 Å². The van der Waals surface area contributed by atoms with E-state index in [2.05, 4.69) is 5.10 Å². The van der Waals surface area contributed by atoms with Crippen molar-refractivity contribution in [3.05, 3.63) is 0 Å². The number of carbonyl (C=O) groups excluding carboxylic acids is 1. The molecule has 1 atom stereocenters. The van der Waals surface area contributed by atoms with Crippen molar-refractivity contribution in [1.82, 2.24) is 5.01 Å². The van der Waals surface area contributed by atoms with E-state index in [0.29, 0.717) is 12.3 Å². The number of hydrogen-bond acceptors (Lipinski definition) is 3. The van der Waals surface area contributed by atoms with Gasteiger partial charge in [0.2, 0.25) is 5.24 Å². The number of hydrogen-bond donors (Lipinski definition) is 0. The van der Waals surface area contributed by atoms with Crippen molar-refractivity contribution in [2.24, 2.45) is 5.10 Å². The smallest absolute Gasteiger partial charge is 0.250 e. The zero-order valence-corrected chi connectivity index (χ0v) is 7.78. The molecule has 1 unspecified atom stereocenters. The number of carbonyl (C=O) groups is 1. The summed E-state index contributed by atoms with van der Waals surface area (Å²) in [5.74, 6) is 0. The van der Waals surface area contributed by atoms with Crippen LogP contribution in [0.3, 0.4) is 0 Å². The molecule has 0 aromatic carbocycles. The molecule has 0 amide bonds. The van der Waals surface area contributed by atoms with Gasteiger partial charge in [-0.15, -0.1) is 11.6 Å². The van der Waals surface area contributed by atoms with Gasteiger partial charge in [0.15, 0.2) is 4.87 Å². The highest BCUT2D eigenvalue weighted by atomic mass is 35.5. The highest BCUT2D eigenvalue weighted by Gasteiger charge is 2.43. The van der Waals surface area contributed by atoms with Crippen LogP contribution in [-0.2, 0) is 4.79 Å². The van der Waals surface area contributed by atoms with Gasteiger partial charge in [-0.25, -0.2) is 0 Å². The number of alkyl halides is 1. The van der Waals surface area contributed by atoms with Crippen LogP contribution >= 0.6 is 23.2 Å². The van der Waals surface area contributed by atoms with Crippen LogP contribution in [0.1, 0.15) is 6.92 Å². The van der Waals surface area contributed by atoms with E-state index in [1.165, 1.54) is 0 Å². The first kappa shape index (κ1) is 8.81. The lowest BCUT2D eigenvalue weighted by Crippen LogP contribution is -2.39. The standard InChI is InChI=1S/C6H8Cl2N2O/c1-4-6(8,5(7)11)3-10(2)9-4/h3H2,1-2H3. The van der Waals surface area contributed by atoms with Gasteiger partial charge in [0, 0.05) is 7.05 Å². The fourth-order valence-corrected chi connectivity index (χ4v) is 1.41. The van der Waals surface area contributed by atoms with Crippen LogP contribution < -0.4 is 0 Å². The molecule has 0 radical (unpaired) electrons. The maximum absolute atomic E-state index is 10.8. The highest BCUT2D eigenvalue weighted by molar-refractivity contribution is 6.74. The van der Waals surface area contributed by atoms with Crippen LogP contribution in [0.4, 0.5) is 0 Å². The third kappa shape index (κ3) is 1.35. The Labute approximate surface area is 75.0 Å². The molecule has 1 aliphatic heterocycles. The van der Waals surface area contributed by atoms with E-state index < -0.39 is 10.1 Å². The fraction of sp³-hybridized carbons (Fsp3) is 0.667. The third-order valence-corrected chi connectivity index (χ3v) is 2.64. The molecule has 1 aliphatic rings. The summed E-state index contributed by atoms with van der Waals surface area (Å²) >= 11 is 11.2. The van der Waals surface area contributed by atoms with Crippen LogP contribution in [-0.4, -0.2) is 34.4 Å². The second-order valence-corrected chi connectivity index (χ2v) is 3.56. The van der Waals surface area contributed by atoms with Crippen LogP contribution in [0, 0.1) is 0 Å². The lowest BCUT2D eigenvalue weighted by atomic mass is 10.1. The summed E-state index contributed by atoms with van der Waals surface area (Å²) in [6.07, 6.45) is 0. The Balaban J connectivity index is 2.92. The first-order valence-electron chi connectivity index (χ1n) is 3.12. The monoisotopic (exact) mass is 194 g/mol. The quantitative estimate of drug-likeness (QED) is 0.462. The van der Waals surface area contributed by atoms with Gasteiger partial charge in [0.25, 0.3) is 0 Å². The molecule has 0 aromatic heterocycles. The van der Waals surface area contributed by atoms with Gasteiger partial charge in [0.05, 0.1) is 12.3 Å². The van der Waals surface area contributed by atoms with Crippen molar-refractivity contribution in [1.29, 1.82) is 0 Å². The molecule has 1 heterocycles. The summed E-state index contributed by atoms with van der Waals surface area (Å²) in [6, 6.07) is 0. The average molecular weight is 195 g/mol. The van der Waals surface area contributed by atoms with E-state index in [4.69, 9.17) is 23.2 Å². The van der Waals surface area contributed by atoms with E-state index in [0.717, 1.165) is 0 Å². The van der Waals surface area contributed by atoms with E-state index in [1.54, 1.807) is 19.0 Å². The number of halogens is 2. The van der Waals surface area contributed by atoms with Crippen LogP contribution in [0.5, 0.6) is 0 Å². The SMILES string of the molecule is CC1=NN(C)CC1(Cl)C(=O)Cl. The van der Waals surface area contributed by atoms with Crippen LogP contribution in [0.25, 0.3) is 0 Å². The molecule has 0 bridgehead atoms. The maximum Gasteiger partial charge on any atom is 0.250 e. The van der Waals surface area contributed by atoms with Crippen molar-refractivity contribution in [2.45, 2.75) is 11.8 Å². The minimum atomic E-state index is -1.10.